The molecule has 8 heteroatoms. The molecule has 0 unspecified atom stereocenters. The SMILES string of the molecule is Cc1cccc(C(=O)Nc2cc3cn(C4CCC(C=O)CC4)nc3cc2OCC(C)(C)O)n1. The van der Waals surface area contributed by atoms with Crippen LogP contribution in [0, 0.1) is 12.8 Å². The van der Waals surface area contributed by atoms with Crippen LogP contribution in [0.25, 0.3) is 10.9 Å². The molecule has 1 aromatic carbocycles. The molecular formula is C25H30N4O4. The van der Waals surface area contributed by atoms with Gasteiger partial charge in [0.2, 0.25) is 0 Å². The number of aryl methyl sites for hydroxylation is 1. The molecule has 1 fully saturated rings. The van der Waals surface area contributed by atoms with Crippen molar-refractivity contribution in [2.45, 2.75) is 58.1 Å². The molecule has 0 bridgehead atoms. The second-order valence-electron chi connectivity index (χ2n) is 9.44. The van der Waals surface area contributed by atoms with Crippen molar-refractivity contribution in [1.82, 2.24) is 14.8 Å². The van der Waals surface area contributed by atoms with Gasteiger partial charge in [-0.3, -0.25) is 9.48 Å². The molecule has 2 heterocycles. The third kappa shape index (κ3) is 5.57. The van der Waals surface area contributed by atoms with E-state index in [1.807, 2.05) is 29.9 Å². The Kier molecular flexibility index (Phi) is 6.47. The molecule has 0 radical (unpaired) electrons. The first-order valence-corrected chi connectivity index (χ1v) is 11.3. The smallest absolute Gasteiger partial charge is 0.274 e. The normalized spacial score (nSPS) is 18.8. The number of nitrogens with one attached hydrogen (secondary N) is 1. The quantitative estimate of drug-likeness (QED) is 0.526. The number of rotatable bonds is 7. The zero-order valence-corrected chi connectivity index (χ0v) is 19.2. The summed E-state index contributed by atoms with van der Waals surface area (Å²) in [7, 11) is 0. The van der Waals surface area contributed by atoms with Gasteiger partial charge < -0.3 is 20.0 Å². The van der Waals surface area contributed by atoms with Gasteiger partial charge in [-0.25, -0.2) is 4.98 Å². The van der Waals surface area contributed by atoms with Gasteiger partial charge in [0.05, 0.1) is 22.8 Å². The molecule has 33 heavy (non-hydrogen) atoms. The summed E-state index contributed by atoms with van der Waals surface area (Å²) in [6, 6.07) is 9.14. The number of aldehydes is 1. The molecular weight excluding hydrogens is 420 g/mol. The average Bonchev–Trinajstić information content (AvgIpc) is 3.20. The number of aromatic nitrogens is 3. The van der Waals surface area contributed by atoms with Crippen molar-refractivity contribution in [3.63, 3.8) is 0 Å². The summed E-state index contributed by atoms with van der Waals surface area (Å²) in [5, 5.41) is 18.6. The van der Waals surface area contributed by atoms with Crippen LogP contribution in [-0.4, -0.2) is 44.3 Å². The molecule has 1 saturated carbocycles. The third-order valence-electron chi connectivity index (χ3n) is 5.88. The fraction of sp³-hybridized carbons (Fsp3) is 0.440. The van der Waals surface area contributed by atoms with Crippen LogP contribution in [0.4, 0.5) is 5.69 Å². The lowest BCUT2D eigenvalue weighted by Gasteiger charge is -2.25. The molecule has 1 aliphatic carbocycles. The molecule has 174 valence electrons. The lowest BCUT2D eigenvalue weighted by atomic mass is 9.87. The minimum absolute atomic E-state index is 0.0560. The van der Waals surface area contributed by atoms with Crippen molar-refractivity contribution >= 4 is 28.8 Å². The topological polar surface area (TPSA) is 106 Å². The molecule has 1 aliphatic rings. The Morgan fingerprint density at radius 3 is 2.70 bits per heavy atom. The molecule has 4 rings (SSSR count). The van der Waals surface area contributed by atoms with Crippen LogP contribution in [0.2, 0.25) is 0 Å². The molecule has 1 amide bonds. The molecule has 0 atom stereocenters. The largest absolute Gasteiger partial charge is 0.488 e. The van der Waals surface area contributed by atoms with E-state index in [1.54, 1.807) is 32.0 Å². The van der Waals surface area contributed by atoms with Gasteiger partial charge in [0.15, 0.2) is 0 Å². The number of ether oxygens (including phenoxy) is 1. The lowest BCUT2D eigenvalue weighted by Crippen LogP contribution is -2.28. The Morgan fingerprint density at radius 2 is 2.03 bits per heavy atom. The van der Waals surface area contributed by atoms with Gasteiger partial charge in [-0.05, 0) is 64.7 Å². The number of carbonyl (C=O) groups is 2. The Morgan fingerprint density at radius 1 is 1.27 bits per heavy atom. The van der Waals surface area contributed by atoms with Gasteiger partial charge in [0.25, 0.3) is 5.91 Å². The van der Waals surface area contributed by atoms with Crippen LogP contribution in [-0.2, 0) is 4.79 Å². The summed E-state index contributed by atoms with van der Waals surface area (Å²) in [6.07, 6.45) is 6.58. The van der Waals surface area contributed by atoms with E-state index in [4.69, 9.17) is 9.84 Å². The van der Waals surface area contributed by atoms with Crippen molar-refractivity contribution in [2.75, 3.05) is 11.9 Å². The van der Waals surface area contributed by atoms with Gasteiger partial charge in [-0.1, -0.05) is 6.07 Å². The van der Waals surface area contributed by atoms with Crippen molar-refractivity contribution in [3.8, 4) is 5.75 Å². The zero-order valence-electron chi connectivity index (χ0n) is 19.2. The fourth-order valence-electron chi connectivity index (χ4n) is 4.09. The molecule has 0 spiro atoms. The molecule has 0 saturated heterocycles. The monoisotopic (exact) mass is 450 g/mol. The van der Waals surface area contributed by atoms with Crippen LogP contribution in [0.1, 0.15) is 61.8 Å². The number of carbonyl (C=O) groups excluding carboxylic acids is 2. The maximum absolute atomic E-state index is 12.8. The van der Waals surface area contributed by atoms with Gasteiger partial charge in [0.1, 0.15) is 24.3 Å². The third-order valence-corrected chi connectivity index (χ3v) is 5.88. The highest BCUT2D eigenvalue weighted by molar-refractivity contribution is 6.05. The van der Waals surface area contributed by atoms with E-state index in [9.17, 15) is 14.7 Å². The maximum atomic E-state index is 12.8. The van der Waals surface area contributed by atoms with Crippen molar-refractivity contribution in [3.05, 3.63) is 47.9 Å². The van der Waals surface area contributed by atoms with Crippen LogP contribution in [0.3, 0.4) is 0 Å². The zero-order chi connectivity index (χ0) is 23.6. The maximum Gasteiger partial charge on any atom is 0.274 e. The fourth-order valence-corrected chi connectivity index (χ4v) is 4.09. The lowest BCUT2D eigenvalue weighted by molar-refractivity contribution is -0.112. The van der Waals surface area contributed by atoms with E-state index in [0.29, 0.717) is 17.1 Å². The first-order chi connectivity index (χ1) is 15.7. The number of benzene rings is 1. The van der Waals surface area contributed by atoms with Gasteiger partial charge in [-0.2, -0.15) is 5.10 Å². The summed E-state index contributed by atoms with van der Waals surface area (Å²) in [6.45, 7) is 5.20. The van der Waals surface area contributed by atoms with Crippen molar-refractivity contribution < 1.29 is 19.4 Å². The Balaban J connectivity index is 1.64. The molecule has 2 N–H and O–H groups in total. The number of fused-ring (bicyclic) bond motifs is 1. The van der Waals surface area contributed by atoms with Crippen molar-refractivity contribution in [1.29, 1.82) is 0 Å². The molecule has 3 aromatic rings. The van der Waals surface area contributed by atoms with Gasteiger partial charge in [-0.15, -0.1) is 0 Å². The standard InChI is InChI=1S/C25H30N4O4/c1-16-5-4-6-20(26-16)24(31)27-22-11-18-13-29(19-9-7-17(14-30)8-10-19)28-21(18)12-23(22)33-15-25(2,3)32/h4-6,11-14,17,19,32H,7-10,15H2,1-3H3,(H,27,31). The number of amides is 1. The molecule has 8 nitrogen and oxygen atoms in total. The Hall–Kier alpha value is -3.26. The van der Waals surface area contributed by atoms with Crippen LogP contribution in [0.15, 0.2) is 36.5 Å². The predicted molar refractivity (Wildman–Crippen MR) is 126 cm³/mol. The molecule has 2 aromatic heterocycles. The second-order valence-corrected chi connectivity index (χ2v) is 9.44. The number of hydrogen-bond acceptors (Lipinski definition) is 6. The van der Waals surface area contributed by atoms with Crippen LogP contribution >= 0.6 is 0 Å². The highest BCUT2D eigenvalue weighted by Crippen LogP contribution is 2.35. The first-order valence-electron chi connectivity index (χ1n) is 11.3. The summed E-state index contributed by atoms with van der Waals surface area (Å²) in [5.74, 6) is 0.233. The van der Waals surface area contributed by atoms with Crippen molar-refractivity contribution in [2.24, 2.45) is 5.92 Å². The second kappa shape index (κ2) is 9.31. The summed E-state index contributed by atoms with van der Waals surface area (Å²) in [4.78, 5) is 28.2. The predicted octanol–water partition coefficient (Wildman–Crippen LogP) is 4.07. The van der Waals surface area contributed by atoms with Crippen LogP contribution in [0.5, 0.6) is 5.75 Å². The first kappa shape index (κ1) is 22.9. The van der Waals surface area contributed by atoms with E-state index in [1.165, 1.54) is 0 Å². The van der Waals surface area contributed by atoms with E-state index in [-0.39, 0.29) is 24.5 Å². The highest BCUT2D eigenvalue weighted by Gasteiger charge is 2.24. The average molecular weight is 451 g/mol. The van der Waals surface area contributed by atoms with E-state index < -0.39 is 5.60 Å². The van der Waals surface area contributed by atoms with E-state index >= 15 is 0 Å². The highest BCUT2D eigenvalue weighted by atomic mass is 16.5. The molecule has 0 aliphatic heterocycles. The number of nitrogens with zero attached hydrogens (tertiary/aromatic N) is 3. The van der Waals surface area contributed by atoms with E-state index in [2.05, 4.69) is 10.3 Å². The minimum Gasteiger partial charge on any atom is -0.488 e. The Labute approximate surface area is 193 Å². The summed E-state index contributed by atoms with van der Waals surface area (Å²) in [5.41, 5.74) is 1.26. The van der Waals surface area contributed by atoms with Gasteiger partial charge in [0, 0.05) is 29.3 Å². The van der Waals surface area contributed by atoms with Gasteiger partial charge >= 0.3 is 0 Å². The minimum atomic E-state index is -1.04. The Bertz CT molecular complexity index is 1160. The van der Waals surface area contributed by atoms with E-state index in [0.717, 1.165) is 48.6 Å². The number of aliphatic hydroxyl groups is 1. The summed E-state index contributed by atoms with van der Waals surface area (Å²) < 4.78 is 7.84. The number of pyridine rings is 1. The van der Waals surface area contributed by atoms with Crippen LogP contribution < -0.4 is 10.1 Å². The summed E-state index contributed by atoms with van der Waals surface area (Å²) >= 11 is 0. The number of hydrogen-bond donors (Lipinski definition) is 2. The number of anilines is 1.